The Morgan fingerprint density at radius 2 is 2.05 bits per heavy atom. The molecular formula is C14H19F3N2O. The van der Waals surface area contributed by atoms with E-state index in [4.69, 9.17) is 4.74 Å². The number of halogens is 3. The molecule has 0 amide bonds. The van der Waals surface area contributed by atoms with Crippen molar-refractivity contribution in [1.29, 1.82) is 0 Å². The molecule has 0 bridgehead atoms. The van der Waals surface area contributed by atoms with Crippen LogP contribution in [-0.2, 0) is 6.54 Å². The van der Waals surface area contributed by atoms with E-state index in [1.54, 1.807) is 6.92 Å². The molecule has 0 aliphatic heterocycles. The second-order valence-corrected chi connectivity index (χ2v) is 5.32. The van der Waals surface area contributed by atoms with Gasteiger partial charge in [0.25, 0.3) is 0 Å². The van der Waals surface area contributed by atoms with E-state index in [9.17, 15) is 13.2 Å². The summed E-state index contributed by atoms with van der Waals surface area (Å²) in [4.78, 5) is 4.12. The van der Waals surface area contributed by atoms with Crippen molar-refractivity contribution in [3.8, 4) is 5.88 Å². The lowest BCUT2D eigenvalue weighted by molar-refractivity contribution is -0.190. The van der Waals surface area contributed by atoms with Crippen molar-refractivity contribution < 1.29 is 17.9 Å². The van der Waals surface area contributed by atoms with Gasteiger partial charge in [0, 0.05) is 23.8 Å². The van der Waals surface area contributed by atoms with Gasteiger partial charge in [0.15, 0.2) is 6.10 Å². The first-order valence-electron chi connectivity index (χ1n) is 6.71. The summed E-state index contributed by atoms with van der Waals surface area (Å²) in [6.45, 7) is 5.10. The van der Waals surface area contributed by atoms with Crippen molar-refractivity contribution in [3.05, 3.63) is 22.9 Å². The van der Waals surface area contributed by atoms with Gasteiger partial charge in [0.05, 0.1) is 0 Å². The first-order chi connectivity index (χ1) is 9.27. The zero-order valence-electron chi connectivity index (χ0n) is 11.8. The maximum Gasteiger partial charge on any atom is 0.425 e. The van der Waals surface area contributed by atoms with Crippen LogP contribution in [0.25, 0.3) is 0 Å². The molecule has 1 unspecified atom stereocenters. The second-order valence-electron chi connectivity index (χ2n) is 5.32. The fourth-order valence-corrected chi connectivity index (χ4v) is 1.91. The minimum absolute atomic E-state index is 0.0838. The van der Waals surface area contributed by atoms with Crippen molar-refractivity contribution in [3.63, 3.8) is 0 Å². The van der Waals surface area contributed by atoms with Crippen LogP contribution in [0.3, 0.4) is 0 Å². The molecule has 1 aliphatic rings. The molecule has 0 spiro atoms. The number of rotatable bonds is 5. The smallest absolute Gasteiger partial charge is 0.425 e. The molecule has 0 aromatic carbocycles. The number of hydrogen-bond acceptors (Lipinski definition) is 3. The molecule has 20 heavy (non-hydrogen) atoms. The highest BCUT2D eigenvalue weighted by molar-refractivity contribution is 5.36. The van der Waals surface area contributed by atoms with E-state index in [1.165, 1.54) is 0 Å². The van der Waals surface area contributed by atoms with Crippen LogP contribution >= 0.6 is 0 Å². The standard InChI is InChI=1S/C14H19F3N2O/c1-8-6-9(2)19-13(20-10(3)14(15,16)17)12(8)7-18-11-4-5-11/h6,10-11,18H,4-5,7H2,1-3H3. The highest BCUT2D eigenvalue weighted by Gasteiger charge is 2.38. The summed E-state index contributed by atoms with van der Waals surface area (Å²) in [5.74, 6) is 0.0838. The van der Waals surface area contributed by atoms with E-state index in [2.05, 4.69) is 10.3 Å². The Hall–Kier alpha value is -1.30. The van der Waals surface area contributed by atoms with Crippen LogP contribution in [0.4, 0.5) is 13.2 Å². The molecule has 0 radical (unpaired) electrons. The molecule has 1 aromatic heterocycles. The number of aromatic nitrogens is 1. The van der Waals surface area contributed by atoms with Crippen LogP contribution in [0.1, 0.15) is 36.6 Å². The SMILES string of the molecule is Cc1cc(C)c(CNC2CC2)c(OC(C)C(F)(F)F)n1. The highest BCUT2D eigenvalue weighted by Crippen LogP contribution is 2.28. The third-order valence-electron chi connectivity index (χ3n) is 3.33. The molecule has 6 heteroatoms. The maximum atomic E-state index is 12.6. The van der Waals surface area contributed by atoms with E-state index in [0.29, 0.717) is 23.8 Å². The van der Waals surface area contributed by atoms with Gasteiger partial charge in [0.2, 0.25) is 5.88 Å². The molecule has 1 aliphatic carbocycles. The van der Waals surface area contributed by atoms with Gasteiger partial charge in [-0.3, -0.25) is 0 Å². The molecule has 3 nitrogen and oxygen atoms in total. The Morgan fingerprint density at radius 1 is 1.40 bits per heavy atom. The lowest BCUT2D eigenvalue weighted by Crippen LogP contribution is -2.32. The van der Waals surface area contributed by atoms with Crippen molar-refractivity contribution >= 4 is 0 Å². The average molecular weight is 288 g/mol. The summed E-state index contributed by atoms with van der Waals surface area (Å²) in [6, 6.07) is 2.33. The lowest BCUT2D eigenvalue weighted by atomic mass is 10.1. The average Bonchev–Trinajstić information content (AvgIpc) is 3.10. The van der Waals surface area contributed by atoms with Gasteiger partial charge in [-0.1, -0.05) is 0 Å². The van der Waals surface area contributed by atoms with Crippen LogP contribution in [0.15, 0.2) is 6.07 Å². The van der Waals surface area contributed by atoms with Crippen LogP contribution in [0, 0.1) is 13.8 Å². The Bertz CT molecular complexity index is 484. The number of pyridine rings is 1. The normalized spacial score (nSPS) is 17.1. The number of nitrogens with one attached hydrogen (secondary N) is 1. The van der Waals surface area contributed by atoms with Crippen LogP contribution in [0.2, 0.25) is 0 Å². The summed E-state index contributed by atoms with van der Waals surface area (Å²) >= 11 is 0. The number of nitrogens with zero attached hydrogens (tertiary/aromatic N) is 1. The zero-order chi connectivity index (χ0) is 14.9. The van der Waals surface area contributed by atoms with E-state index in [0.717, 1.165) is 25.3 Å². The third-order valence-corrected chi connectivity index (χ3v) is 3.33. The lowest BCUT2D eigenvalue weighted by Gasteiger charge is -2.20. The molecule has 1 atom stereocenters. The van der Waals surface area contributed by atoms with E-state index in [-0.39, 0.29) is 5.88 Å². The van der Waals surface area contributed by atoms with Crippen molar-refractivity contribution in [1.82, 2.24) is 10.3 Å². The summed E-state index contributed by atoms with van der Waals surface area (Å²) in [7, 11) is 0. The first-order valence-corrected chi connectivity index (χ1v) is 6.71. The molecule has 1 N–H and O–H groups in total. The monoisotopic (exact) mass is 288 g/mol. The molecule has 0 saturated heterocycles. The van der Waals surface area contributed by atoms with Gasteiger partial charge >= 0.3 is 6.18 Å². The fraction of sp³-hybridized carbons (Fsp3) is 0.643. The minimum Gasteiger partial charge on any atom is -0.465 e. The fourth-order valence-electron chi connectivity index (χ4n) is 1.91. The molecule has 112 valence electrons. The van der Waals surface area contributed by atoms with E-state index in [1.807, 2.05) is 13.0 Å². The quantitative estimate of drug-likeness (QED) is 0.903. The number of alkyl halides is 3. The molecule has 1 heterocycles. The molecule has 1 fully saturated rings. The molecule has 1 saturated carbocycles. The van der Waals surface area contributed by atoms with Crippen LogP contribution in [-0.4, -0.2) is 23.3 Å². The third kappa shape index (κ3) is 3.85. The predicted octanol–water partition coefficient (Wildman–Crippen LogP) is 3.28. The van der Waals surface area contributed by atoms with Gasteiger partial charge in [-0.05, 0) is 45.2 Å². The van der Waals surface area contributed by atoms with Gasteiger partial charge in [-0.15, -0.1) is 0 Å². The van der Waals surface area contributed by atoms with Crippen LogP contribution < -0.4 is 10.1 Å². The van der Waals surface area contributed by atoms with E-state index < -0.39 is 12.3 Å². The molecular weight excluding hydrogens is 269 g/mol. The highest BCUT2D eigenvalue weighted by atomic mass is 19.4. The van der Waals surface area contributed by atoms with E-state index >= 15 is 0 Å². The summed E-state index contributed by atoms with van der Waals surface area (Å²) < 4.78 is 42.9. The van der Waals surface area contributed by atoms with Crippen molar-refractivity contribution in [2.75, 3.05) is 0 Å². The summed E-state index contributed by atoms with van der Waals surface area (Å²) in [5.41, 5.74) is 2.26. The number of aryl methyl sites for hydroxylation is 2. The first kappa shape index (κ1) is 15.1. The predicted molar refractivity (Wildman–Crippen MR) is 69.7 cm³/mol. The Morgan fingerprint density at radius 3 is 2.60 bits per heavy atom. The van der Waals surface area contributed by atoms with Crippen molar-refractivity contribution in [2.24, 2.45) is 0 Å². The summed E-state index contributed by atoms with van der Waals surface area (Å²) in [5, 5.41) is 3.28. The van der Waals surface area contributed by atoms with Gasteiger partial charge in [-0.2, -0.15) is 13.2 Å². The maximum absolute atomic E-state index is 12.6. The largest absolute Gasteiger partial charge is 0.465 e. The van der Waals surface area contributed by atoms with Gasteiger partial charge in [0.1, 0.15) is 0 Å². The Labute approximate surface area is 116 Å². The topological polar surface area (TPSA) is 34.1 Å². The molecule has 2 rings (SSSR count). The zero-order valence-corrected chi connectivity index (χ0v) is 11.8. The van der Waals surface area contributed by atoms with Crippen LogP contribution in [0.5, 0.6) is 5.88 Å². The number of ether oxygens (including phenoxy) is 1. The van der Waals surface area contributed by atoms with Gasteiger partial charge < -0.3 is 10.1 Å². The molecule has 1 aromatic rings. The minimum atomic E-state index is -4.39. The summed E-state index contributed by atoms with van der Waals surface area (Å²) in [6.07, 6.45) is -4.02. The van der Waals surface area contributed by atoms with Gasteiger partial charge in [-0.25, -0.2) is 4.98 Å². The Kier molecular flexibility index (Phi) is 4.22. The number of hydrogen-bond donors (Lipinski definition) is 1. The Balaban J connectivity index is 2.19. The second kappa shape index (κ2) is 5.60. The van der Waals surface area contributed by atoms with Crippen molar-refractivity contribution in [2.45, 2.75) is 58.5 Å².